The van der Waals surface area contributed by atoms with E-state index in [9.17, 15) is 9.59 Å². The van der Waals surface area contributed by atoms with Crippen molar-refractivity contribution in [1.29, 1.82) is 0 Å². The minimum absolute atomic E-state index is 0.0764. The number of thioether (sulfide) groups is 2. The molecule has 7 nitrogen and oxygen atoms in total. The molecule has 3 heterocycles. The van der Waals surface area contributed by atoms with Crippen molar-refractivity contribution >= 4 is 46.9 Å². The van der Waals surface area contributed by atoms with Gasteiger partial charge in [0.2, 0.25) is 5.91 Å². The molecule has 2 aliphatic rings. The van der Waals surface area contributed by atoms with E-state index in [0.29, 0.717) is 18.1 Å². The fraction of sp³-hybridized carbons (Fsp3) is 0.304. The molecule has 2 fully saturated rings. The van der Waals surface area contributed by atoms with Crippen LogP contribution in [0, 0.1) is 5.41 Å². The molecule has 2 unspecified atom stereocenters. The first-order valence-electron chi connectivity index (χ1n) is 10.5. The molecule has 0 bridgehead atoms. The molecule has 0 aliphatic carbocycles. The molecule has 3 atom stereocenters. The number of esters is 1. The second-order valence-corrected chi connectivity index (χ2v) is 11.3. The lowest BCUT2D eigenvalue weighted by Gasteiger charge is -2.53. The summed E-state index contributed by atoms with van der Waals surface area (Å²) in [5, 5.41) is 3.81. The third-order valence-corrected chi connectivity index (χ3v) is 9.61. The lowest BCUT2D eigenvalue weighted by Crippen LogP contribution is -2.72. The molecule has 170 valence electrons. The second kappa shape index (κ2) is 9.46. The highest BCUT2D eigenvalue weighted by molar-refractivity contribution is 8.01. The summed E-state index contributed by atoms with van der Waals surface area (Å²) in [5.41, 5.74) is 6.91. The zero-order valence-electron chi connectivity index (χ0n) is 17.6. The van der Waals surface area contributed by atoms with Crippen molar-refractivity contribution in [1.82, 2.24) is 14.5 Å². The fourth-order valence-electron chi connectivity index (χ4n) is 4.05. The topological polar surface area (TPSA) is 98.4 Å². The van der Waals surface area contributed by atoms with Gasteiger partial charge in [-0.3, -0.25) is 9.59 Å². The predicted molar refractivity (Wildman–Crippen MR) is 130 cm³/mol. The van der Waals surface area contributed by atoms with Gasteiger partial charge in [-0.05, 0) is 22.7 Å². The maximum atomic E-state index is 13.9. The summed E-state index contributed by atoms with van der Waals surface area (Å²) < 4.78 is 11.1. The number of aromatic nitrogens is 2. The molecular weight excluding hydrogens is 476 g/mol. The number of carbonyl (C=O) groups excluding carboxylic acids is 2. The van der Waals surface area contributed by atoms with Gasteiger partial charge in [-0.25, -0.2) is 0 Å². The molecule has 0 saturated carbocycles. The Labute approximate surface area is 204 Å². The van der Waals surface area contributed by atoms with E-state index in [-0.39, 0.29) is 17.3 Å². The van der Waals surface area contributed by atoms with Crippen LogP contribution in [-0.2, 0) is 14.3 Å². The van der Waals surface area contributed by atoms with Gasteiger partial charge in [-0.2, -0.15) is 0 Å². The number of amides is 1. The Bertz CT molecular complexity index is 1080. The summed E-state index contributed by atoms with van der Waals surface area (Å²) in [6.45, 7) is 0.297. The number of hydrogen-bond acceptors (Lipinski definition) is 9. The van der Waals surface area contributed by atoms with Gasteiger partial charge < -0.3 is 15.4 Å². The molecule has 0 radical (unpaired) electrons. The van der Waals surface area contributed by atoms with Crippen LogP contribution in [0.4, 0.5) is 0 Å². The largest absolute Gasteiger partial charge is 0.452 e. The number of carbonyl (C=O) groups is 2. The highest BCUT2D eigenvalue weighted by Gasteiger charge is 2.56. The predicted octanol–water partition coefficient (Wildman–Crippen LogP) is 3.19. The Kier molecular flexibility index (Phi) is 6.42. The molecule has 0 spiro atoms. The van der Waals surface area contributed by atoms with Crippen LogP contribution >= 0.6 is 35.1 Å². The highest BCUT2D eigenvalue weighted by atomic mass is 32.2. The standard InChI is InChI=1S/C23H22N4O3S3/c24-18-20(28)27-12-23(14-32-21(18)27,13-31-17-11-25-26-33-17)22(29)30-19(15-7-3-1-4-8-15)16-9-5-2-6-10-16/h1-11,18-19,21H,12-14,24H2/t18?,21-,23?/m1/s1. The third-order valence-electron chi connectivity index (χ3n) is 5.88. The summed E-state index contributed by atoms with van der Waals surface area (Å²) in [6.07, 6.45) is 1.15. The maximum absolute atomic E-state index is 13.9. The van der Waals surface area contributed by atoms with Gasteiger partial charge in [-0.15, -0.1) is 28.6 Å². The highest BCUT2D eigenvalue weighted by Crippen LogP contribution is 2.45. The molecule has 1 aromatic heterocycles. The summed E-state index contributed by atoms with van der Waals surface area (Å²) in [5.74, 6) is 0.565. The normalized spacial score (nSPS) is 24.3. The number of hydrogen-bond donors (Lipinski definition) is 1. The van der Waals surface area contributed by atoms with Gasteiger partial charge >= 0.3 is 5.97 Å². The minimum Gasteiger partial charge on any atom is -0.452 e. The van der Waals surface area contributed by atoms with Gasteiger partial charge in [0, 0.05) is 18.1 Å². The van der Waals surface area contributed by atoms with Crippen molar-refractivity contribution in [3.8, 4) is 0 Å². The SMILES string of the molecule is NC1C(=O)N2CC(CSc3cnns3)(C(=O)OC(c3ccccc3)c3ccccc3)CS[C@H]12. The van der Waals surface area contributed by atoms with Gasteiger partial charge in [0.05, 0.1) is 6.20 Å². The number of β-lactam (4-membered cyclic amide) rings is 1. The Balaban J connectivity index is 1.43. The smallest absolute Gasteiger partial charge is 0.316 e. The zero-order valence-corrected chi connectivity index (χ0v) is 20.0. The van der Waals surface area contributed by atoms with Crippen molar-refractivity contribution in [2.24, 2.45) is 11.1 Å². The lowest BCUT2D eigenvalue weighted by molar-refractivity contribution is -0.163. The van der Waals surface area contributed by atoms with Gasteiger partial charge in [-0.1, -0.05) is 65.2 Å². The average molecular weight is 499 g/mol. The molecule has 2 N–H and O–H groups in total. The van der Waals surface area contributed by atoms with E-state index in [0.717, 1.165) is 15.3 Å². The number of nitrogens with zero attached hydrogens (tertiary/aromatic N) is 3. The monoisotopic (exact) mass is 498 g/mol. The van der Waals surface area contributed by atoms with Crippen LogP contribution in [0.5, 0.6) is 0 Å². The first-order chi connectivity index (χ1) is 16.1. The van der Waals surface area contributed by atoms with Gasteiger partial charge in [0.25, 0.3) is 0 Å². The summed E-state index contributed by atoms with van der Waals surface area (Å²) in [7, 11) is 0. The van der Waals surface area contributed by atoms with Crippen LogP contribution in [0.15, 0.2) is 71.1 Å². The molecule has 33 heavy (non-hydrogen) atoms. The van der Waals surface area contributed by atoms with Crippen molar-refractivity contribution in [2.45, 2.75) is 21.7 Å². The second-order valence-electron chi connectivity index (χ2n) is 8.11. The first kappa shape index (κ1) is 22.4. The number of nitrogens with two attached hydrogens (primary N) is 1. The molecular formula is C23H22N4O3S3. The van der Waals surface area contributed by atoms with E-state index in [4.69, 9.17) is 10.5 Å². The summed E-state index contributed by atoms with van der Waals surface area (Å²) in [6, 6.07) is 18.9. The molecule has 1 amide bonds. The summed E-state index contributed by atoms with van der Waals surface area (Å²) in [4.78, 5) is 28.0. The third kappa shape index (κ3) is 4.40. The lowest BCUT2D eigenvalue weighted by atomic mass is 9.89. The fourth-order valence-corrected chi connectivity index (χ4v) is 7.27. The van der Waals surface area contributed by atoms with Crippen molar-refractivity contribution in [2.75, 3.05) is 18.1 Å². The Hall–Kier alpha value is -2.40. The Morgan fingerprint density at radius 1 is 1.18 bits per heavy atom. The van der Waals surface area contributed by atoms with Gasteiger partial charge in [0.15, 0.2) is 6.10 Å². The Morgan fingerprint density at radius 2 is 1.85 bits per heavy atom. The maximum Gasteiger partial charge on any atom is 0.316 e. The molecule has 2 saturated heterocycles. The van der Waals surface area contributed by atoms with Crippen LogP contribution in [-0.4, -0.2) is 55.8 Å². The van der Waals surface area contributed by atoms with Crippen molar-refractivity contribution in [3.63, 3.8) is 0 Å². The van der Waals surface area contributed by atoms with Crippen molar-refractivity contribution < 1.29 is 14.3 Å². The first-order valence-corrected chi connectivity index (χ1v) is 13.3. The van der Waals surface area contributed by atoms with Gasteiger partial charge in [0.1, 0.15) is 21.0 Å². The quantitative estimate of drug-likeness (QED) is 0.301. The molecule has 2 aliphatic heterocycles. The van der Waals surface area contributed by atoms with E-state index in [2.05, 4.69) is 9.59 Å². The summed E-state index contributed by atoms with van der Waals surface area (Å²) >= 11 is 4.36. The van der Waals surface area contributed by atoms with E-state index in [1.165, 1.54) is 23.3 Å². The van der Waals surface area contributed by atoms with E-state index < -0.39 is 17.6 Å². The number of fused-ring (bicyclic) bond motifs is 1. The Morgan fingerprint density at radius 3 is 2.45 bits per heavy atom. The van der Waals surface area contributed by atoms with E-state index >= 15 is 0 Å². The minimum atomic E-state index is -0.868. The van der Waals surface area contributed by atoms with Crippen molar-refractivity contribution in [3.05, 3.63) is 78.0 Å². The molecule has 10 heteroatoms. The van der Waals surface area contributed by atoms with E-state index in [1.54, 1.807) is 22.9 Å². The average Bonchev–Trinajstić information content (AvgIpc) is 3.40. The number of benzene rings is 2. The van der Waals surface area contributed by atoms with Crippen LogP contribution in [0.25, 0.3) is 0 Å². The number of rotatable bonds is 7. The zero-order chi connectivity index (χ0) is 22.8. The molecule has 5 rings (SSSR count). The van der Waals surface area contributed by atoms with E-state index in [1.807, 2.05) is 60.7 Å². The van der Waals surface area contributed by atoms with Crippen LogP contribution in [0.3, 0.4) is 0 Å². The molecule has 2 aromatic carbocycles. The van der Waals surface area contributed by atoms with Crippen LogP contribution in [0.2, 0.25) is 0 Å². The number of ether oxygens (including phenoxy) is 1. The van der Waals surface area contributed by atoms with Crippen LogP contribution in [0.1, 0.15) is 17.2 Å². The van der Waals surface area contributed by atoms with Crippen LogP contribution < -0.4 is 5.73 Å². The molecule has 3 aromatic rings.